The molecule has 0 amide bonds. The van der Waals surface area contributed by atoms with E-state index in [0.717, 1.165) is 50.5 Å². The highest BCUT2D eigenvalue weighted by Gasteiger charge is 2.57. The van der Waals surface area contributed by atoms with Crippen molar-refractivity contribution in [3.8, 4) is 0 Å². The molecule has 4 rings (SSSR count). The second-order valence-corrected chi connectivity index (χ2v) is 9.09. The van der Waals surface area contributed by atoms with Crippen LogP contribution in [-0.2, 0) is 0 Å². The lowest BCUT2D eigenvalue weighted by atomic mass is 9.48. The van der Waals surface area contributed by atoms with Gasteiger partial charge in [-0.2, -0.15) is 0 Å². The normalized spacial score (nSPS) is 49.1. The summed E-state index contributed by atoms with van der Waals surface area (Å²) >= 11 is 0. The third-order valence-corrected chi connectivity index (χ3v) is 8.19. The van der Waals surface area contributed by atoms with E-state index in [2.05, 4.69) is 19.9 Å². The summed E-state index contributed by atoms with van der Waals surface area (Å²) in [5.41, 5.74) is 2.85. The highest BCUT2D eigenvalue weighted by molar-refractivity contribution is 5.28. The molecule has 3 saturated carbocycles. The van der Waals surface area contributed by atoms with E-state index in [1.807, 2.05) is 0 Å². The number of aliphatic hydroxyl groups excluding tert-OH is 1. The summed E-state index contributed by atoms with van der Waals surface area (Å²) in [6.45, 7) is 4.70. The van der Waals surface area contributed by atoms with Gasteiger partial charge in [0.2, 0.25) is 6.20 Å². The first-order chi connectivity index (χ1) is 11.3. The van der Waals surface area contributed by atoms with Crippen LogP contribution in [0.4, 0.5) is 0 Å². The van der Waals surface area contributed by atoms with Crippen molar-refractivity contribution in [1.29, 1.82) is 0 Å². The minimum atomic E-state index is -0.252. The maximum absolute atomic E-state index is 11.0. The minimum Gasteiger partial charge on any atom is -0.393 e. The standard InChI is InChI=1S/C20H29NO3/c1-19-9-7-15(22)11-13(19)3-5-16-17-6-4-14(12-21(23)24)20(17,2)10-8-18(16)19/h3,12,15-18,22H,4-11H2,1-2H3/b14-12-/t15-,16-,17-,18-,19-,20+/m0/s1. The molecule has 4 nitrogen and oxygen atoms in total. The van der Waals surface area contributed by atoms with Crippen LogP contribution in [-0.4, -0.2) is 16.1 Å². The lowest BCUT2D eigenvalue weighted by molar-refractivity contribution is -0.404. The van der Waals surface area contributed by atoms with E-state index in [4.69, 9.17) is 0 Å². The second-order valence-electron chi connectivity index (χ2n) is 9.09. The van der Waals surface area contributed by atoms with E-state index < -0.39 is 0 Å². The van der Waals surface area contributed by atoms with Gasteiger partial charge in [0.25, 0.3) is 0 Å². The summed E-state index contributed by atoms with van der Waals surface area (Å²) < 4.78 is 0. The molecule has 0 aromatic carbocycles. The van der Waals surface area contributed by atoms with Gasteiger partial charge in [-0.15, -0.1) is 0 Å². The summed E-state index contributed by atoms with van der Waals surface area (Å²) in [6.07, 6.45) is 11.8. The molecule has 0 aromatic heterocycles. The van der Waals surface area contributed by atoms with Gasteiger partial charge in [0.15, 0.2) is 0 Å². The Morgan fingerprint density at radius 3 is 2.67 bits per heavy atom. The Hall–Kier alpha value is -1.16. The molecular weight excluding hydrogens is 302 g/mol. The molecule has 1 N–H and O–H groups in total. The number of nitro groups is 1. The van der Waals surface area contributed by atoms with Gasteiger partial charge in [-0.1, -0.05) is 25.5 Å². The highest BCUT2D eigenvalue weighted by atomic mass is 16.6. The average Bonchev–Trinajstić information content (AvgIpc) is 2.84. The van der Waals surface area contributed by atoms with Crippen LogP contribution < -0.4 is 0 Å². The molecule has 0 heterocycles. The molecule has 24 heavy (non-hydrogen) atoms. The predicted molar refractivity (Wildman–Crippen MR) is 92.8 cm³/mol. The van der Waals surface area contributed by atoms with Crippen LogP contribution in [0.2, 0.25) is 0 Å². The number of hydrogen-bond donors (Lipinski definition) is 1. The molecule has 132 valence electrons. The highest BCUT2D eigenvalue weighted by Crippen LogP contribution is 2.66. The van der Waals surface area contributed by atoms with E-state index in [1.54, 1.807) is 0 Å². The fourth-order valence-electron chi connectivity index (χ4n) is 6.83. The third-order valence-electron chi connectivity index (χ3n) is 8.19. The van der Waals surface area contributed by atoms with Gasteiger partial charge in [-0.05, 0) is 80.0 Å². The number of hydrogen-bond acceptors (Lipinski definition) is 3. The van der Waals surface area contributed by atoms with Gasteiger partial charge < -0.3 is 5.11 Å². The quantitative estimate of drug-likeness (QED) is 0.438. The van der Waals surface area contributed by atoms with Crippen LogP contribution >= 0.6 is 0 Å². The summed E-state index contributed by atoms with van der Waals surface area (Å²) in [5.74, 6) is 1.94. The minimum absolute atomic E-state index is 0.0319. The molecule has 0 bridgehead atoms. The molecule has 0 aliphatic heterocycles. The summed E-state index contributed by atoms with van der Waals surface area (Å²) in [7, 11) is 0. The zero-order chi connectivity index (χ0) is 17.1. The zero-order valence-corrected chi connectivity index (χ0v) is 14.8. The molecule has 0 radical (unpaired) electrons. The van der Waals surface area contributed by atoms with Crippen molar-refractivity contribution in [2.45, 2.75) is 71.3 Å². The summed E-state index contributed by atoms with van der Waals surface area (Å²) in [4.78, 5) is 10.8. The van der Waals surface area contributed by atoms with Crippen molar-refractivity contribution in [3.05, 3.63) is 33.5 Å². The molecule has 4 aliphatic rings. The van der Waals surface area contributed by atoms with Crippen molar-refractivity contribution in [1.82, 2.24) is 0 Å². The molecule has 4 aliphatic carbocycles. The van der Waals surface area contributed by atoms with E-state index in [1.165, 1.54) is 18.2 Å². The molecule has 0 spiro atoms. The van der Waals surface area contributed by atoms with Crippen molar-refractivity contribution in [3.63, 3.8) is 0 Å². The van der Waals surface area contributed by atoms with Gasteiger partial charge in [-0.3, -0.25) is 10.1 Å². The lowest BCUT2D eigenvalue weighted by Crippen LogP contribution is -2.49. The Bertz CT molecular complexity index is 624. The van der Waals surface area contributed by atoms with Crippen LogP contribution in [0, 0.1) is 38.7 Å². The SMILES string of the molecule is C[C@]12CC[C@H](O)CC1=CC[C@@H]1[C@@H]2CC[C@]2(C)/C(=C\[N+](=O)[O-])CC[C@@H]12. The Kier molecular flexibility index (Phi) is 3.68. The fourth-order valence-corrected chi connectivity index (χ4v) is 6.83. The smallest absolute Gasteiger partial charge is 0.234 e. The molecule has 6 atom stereocenters. The maximum atomic E-state index is 11.0. The maximum Gasteiger partial charge on any atom is 0.234 e. The number of nitrogens with zero attached hydrogens (tertiary/aromatic N) is 1. The second kappa shape index (κ2) is 5.42. The molecule has 0 saturated heterocycles. The topological polar surface area (TPSA) is 63.4 Å². The van der Waals surface area contributed by atoms with Crippen LogP contribution in [0.15, 0.2) is 23.4 Å². The molecule has 3 fully saturated rings. The number of aliphatic hydroxyl groups is 1. The first kappa shape index (κ1) is 16.3. The van der Waals surface area contributed by atoms with Crippen molar-refractivity contribution in [2.24, 2.45) is 28.6 Å². The van der Waals surface area contributed by atoms with E-state index in [0.29, 0.717) is 17.8 Å². The average molecular weight is 331 g/mol. The van der Waals surface area contributed by atoms with Crippen LogP contribution in [0.1, 0.15) is 65.2 Å². The van der Waals surface area contributed by atoms with Crippen LogP contribution in [0.5, 0.6) is 0 Å². The lowest BCUT2D eigenvalue weighted by Gasteiger charge is -2.57. The molecule has 4 heteroatoms. The van der Waals surface area contributed by atoms with E-state index in [-0.39, 0.29) is 21.9 Å². The van der Waals surface area contributed by atoms with Crippen molar-refractivity contribution >= 4 is 0 Å². The van der Waals surface area contributed by atoms with Gasteiger partial charge in [0.05, 0.1) is 11.0 Å². The molecule has 0 aromatic rings. The Morgan fingerprint density at radius 2 is 1.92 bits per heavy atom. The van der Waals surface area contributed by atoms with Crippen molar-refractivity contribution in [2.75, 3.05) is 0 Å². The van der Waals surface area contributed by atoms with Gasteiger partial charge in [0, 0.05) is 5.57 Å². The number of allylic oxidation sites excluding steroid dienone is 2. The van der Waals surface area contributed by atoms with Crippen LogP contribution in [0.3, 0.4) is 0 Å². The van der Waals surface area contributed by atoms with E-state index in [9.17, 15) is 15.2 Å². The number of rotatable bonds is 1. The van der Waals surface area contributed by atoms with Crippen LogP contribution in [0.25, 0.3) is 0 Å². The van der Waals surface area contributed by atoms with Crippen molar-refractivity contribution < 1.29 is 10.0 Å². The Balaban J connectivity index is 1.66. The first-order valence-corrected chi connectivity index (χ1v) is 9.57. The zero-order valence-electron chi connectivity index (χ0n) is 14.8. The predicted octanol–water partition coefficient (Wildman–Crippen LogP) is 4.47. The molecular formula is C20H29NO3. The third kappa shape index (κ3) is 2.22. The van der Waals surface area contributed by atoms with Gasteiger partial charge >= 0.3 is 0 Å². The summed E-state index contributed by atoms with van der Waals surface area (Å²) in [5, 5.41) is 21.1. The van der Waals surface area contributed by atoms with E-state index >= 15 is 0 Å². The van der Waals surface area contributed by atoms with Gasteiger partial charge in [-0.25, -0.2) is 0 Å². The Morgan fingerprint density at radius 1 is 1.21 bits per heavy atom. The van der Waals surface area contributed by atoms with Gasteiger partial charge in [0.1, 0.15) is 0 Å². The summed E-state index contributed by atoms with van der Waals surface area (Å²) in [6, 6.07) is 0. The first-order valence-electron chi connectivity index (χ1n) is 9.57. The molecule has 0 unspecified atom stereocenters. The monoisotopic (exact) mass is 331 g/mol. The number of fused-ring (bicyclic) bond motifs is 5. The Labute approximate surface area is 144 Å². The fraction of sp³-hybridized carbons (Fsp3) is 0.800. The largest absolute Gasteiger partial charge is 0.393 e.